The van der Waals surface area contributed by atoms with Crippen LogP contribution in [0, 0.1) is 13.8 Å². The summed E-state index contributed by atoms with van der Waals surface area (Å²) in [5.41, 5.74) is 11.8. The molecule has 0 bridgehead atoms. The second-order valence-electron chi connectivity index (χ2n) is 4.67. The lowest BCUT2D eigenvalue weighted by Gasteiger charge is -2.04. The van der Waals surface area contributed by atoms with E-state index in [0.717, 1.165) is 17.7 Å². The fourth-order valence-electron chi connectivity index (χ4n) is 2.05. The molecule has 0 atom stereocenters. The van der Waals surface area contributed by atoms with Crippen molar-refractivity contribution < 1.29 is 0 Å². The molecule has 0 heterocycles. The van der Waals surface area contributed by atoms with Crippen LogP contribution in [0.15, 0.2) is 48.5 Å². The van der Waals surface area contributed by atoms with Gasteiger partial charge < -0.3 is 5.73 Å². The molecule has 1 heteroatoms. The van der Waals surface area contributed by atoms with Crippen molar-refractivity contribution in [2.24, 2.45) is 0 Å². The molecule has 0 aliphatic heterocycles. The average Bonchev–Trinajstić information content (AvgIpc) is 2.34. The summed E-state index contributed by atoms with van der Waals surface area (Å²) in [5, 5.41) is 0. The van der Waals surface area contributed by atoms with Gasteiger partial charge >= 0.3 is 0 Å². The first-order valence-electron chi connectivity index (χ1n) is 6.24. The van der Waals surface area contributed by atoms with Crippen LogP contribution in [0.5, 0.6) is 0 Å². The molecular formula is C17H19N. The SMILES string of the molecule is Cc1ccc(C/C=C\c2ccccc2N)c(C)c1. The first-order valence-corrected chi connectivity index (χ1v) is 6.24. The van der Waals surface area contributed by atoms with Gasteiger partial charge in [-0.1, -0.05) is 54.1 Å². The molecule has 2 rings (SSSR count). The number of aryl methyl sites for hydroxylation is 2. The maximum absolute atomic E-state index is 5.90. The molecular weight excluding hydrogens is 218 g/mol. The molecule has 0 spiro atoms. The number of nitrogens with two attached hydrogens (primary N) is 1. The van der Waals surface area contributed by atoms with Crippen LogP contribution in [-0.4, -0.2) is 0 Å². The van der Waals surface area contributed by atoms with E-state index >= 15 is 0 Å². The zero-order valence-electron chi connectivity index (χ0n) is 11.0. The molecule has 0 radical (unpaired) electrons. The zero-order valence-corrected chi connectivity index (χ0v) is 11.0. The van der Waals surface area contributed by atoms with Crippen LogP contribution in [0.4, 0.5) is 5.69 Å². The van der Waals surface area contributed by atoms with Gasteiger partial charge in [-0.2, -0.15) is 0 Å². The van der Waals surface area contributed by atoms with Crippen LogP contribution in [0.2, 0.25) is 0 Å². The monoisotopic (exact) mass is 237 g/mol. The largest absolute Gasteiger partial charge is 0.398 e. The fraction of sp³-hybridized carbons (Fsp3) is 0.176. The lowest BCUT2D eigenvalue weighted by Crippen LogP contribution is -1.89. The van der Waals surface area contributed by atoms with Gasteiger partial charge in [0, 0.05) is 5.69 Å². The smallest absolute Gasteiger partial charge is 0.0387 e. The van der Waals surface area contributed by atoms with Crippen LogP contribution < -0.4 is 5.73 Å². The van der Waals surface area contributed by atoms with Gasteiger partial charge in [-0.15, -0.1) is 0 Å². The van der Waals surface area contributed by atoms with Crippen LogP contribution in [0.3, 0.4) is 0 Å². The van der Waals surface area contributed by atoms with Crippen LogP contribution >= 0.6 is 0 Å². The van der Waals surface area contributed by atoms with Gasteiger partial charge in [0.2, 0.25) is 0 Å². The average molecular weight is 237 g/mol. The fourth-order valence-corrected chi connectivity index (χ4v) is 2.05. The molecule has 0 amide bonds. The van der Waals surface area contributed by atoms with E-state index in [-0.39, 0.29) is 0 Å². The van der Waals surface area contributed by atoms with Crippen LogP contribution in [-0.2, 0) is 6.42 Å². The minimum absolute atomic E-state index is 0.828. The lowest BCUT2D eigenvalue weighted by molar-refractivity contribution is 1.20. The third-order valence-electron chi connectivity index (χ3n) is 3.13. The predicted octanol–water partition coefficient (Wildman–Crippen LogP) is 4.14. The zero-order chi connectivity index (χ0) is 13.0. The second-order valence-corrected chi connectivity index (χ2v) is 4.67. The van der Waals surface area contributed by atoms with Crippen molar-refractivity contribution in [1.29, 1.82) is 0 Å². The first-order chi connectivity index (χ1) is 8.66. The van der Waals surface area contributed by atoms with E-state index in [9.17, 15) is 0 Å². The molecule has 2 N–H and O–H groups in total. The van der Waals surface area contributed by atoms with Crippen LogP contribution in [0.1, 0.15) is 22.3 Å². The number of para-hydroxylation sites is 1. The minimum Gasteiger partial charge on any atom is -0.398 e. The minimum atomic E-state index is 0.828. The van der Waals surface area contributed by atoms with Crippen molar-refractivity contribution in [2.75, 3.05) is 5.73 Å². The lowest BCUT2D eigenvalue weighted by atomic mass is 10.0. The Bertz CT molecular complexity index is 568. The predicted molar refractivity (Wildman–Crippen MR) is 79.5 cm³/mol. The molecule has 0 aliphatic rings. The molecule has 1 nitrogen and oxygen atoms in total. The van der Waals surface area contributed by atoms with E-state index in [4.69, 9.17) is 5.73 Å². The Morgan fingerprint density at radius 2 is 1.83 bits per heavy atom. The molecule has 0 fully saturated rings. The normalized spacial score (nSPS) is 11.0. The second kappa shape index (κ2) is 5.54. The Labute approximate surface area is 109 Å². The molecule has 92 valence electrons. The molecule has 0 saturated carbocycles. The maximum Gasteiger partial charge on any atom is 0.0387 e. The van der Waals surface area contributed by atoms with Gasteiger partial charge in [0.25, 0.3) is 0 Å². The number of allylic oxidation sites excluding steroid dienone is 1. The van der Waals surface area contributed by atoms with Gasteiger partial charge in [0.1, 0.15) is 0 Å². The summed E-state index contributed by atoms with van der Waals surface area (Å²) in [7, 11) is 0. The van der Waals surface area contributed by atoms with Gasteiger partial charge in [0.05, 0.1) is 0 Å². The molecule has 2 aromatic carbocycles. The van der Waals surface area contributed by atoms with E-state index in [1.807, 2.05) is 24.3 Å². The van der Waals surface area contributed by atoms with E-state index in [1.165, 1.54) is 16.7 Å². The molecule has 0 aliphatic carbocycles. The van der Waals surface area contributed by atoms with Crippen LogP contribution in [0.25, 0.3) is 6.08 Å². The summed E-state index contributed by atoms with van der Waals surface area (Å²) in [6, 6.07) is 14.5. The highest BCUT2D eigenvalue weighted by molar-refractivity contribution is 5.64. The van der Waals surface area contributed by atoms with Crippen molar-refractivity contribution >= 4 is 11.8 Å². The number of nitrogen functional groups attached to an aromatic ring is 1. The summed E-state index contributed by atoms with van der Waals surface area (Å²) < 4.78 is 0. The quantitative estimate of drug-likeness (QED) is 0.798. The van der Waals surface area contributed by atoms with E-state index in [1.54, 1.807) is 0 Å². The first kappa shape index (κ1) is 12.4. The Hall–Kier alpha value is -2.02. The van der Waals surface area contributed by atoms with Crippen molar-refractivity contribution in [3.63, 3.8) is 0 Å². The summed E-state index contributed by atoms with van der Waals surface area (Å²) >= 11 is 0. The molecule has 0 saturated heterocycles. The third kappa shape index (κ3) is 3.01. The van der Waals surface area contributed by atoms with Gasteiger partial charge in [-0.3, -0.25) is 0 Å². The van der Waals surface area contributed by atoms with E-state index in [0.29, 0.717) is 0 Å². The Morgan fingerprint density at radius 3 is 2.56 bits per heavy atom. The molecule has 18 heavy (non-hydrogen) atoms. The highest BCUT2D eigenvalue weighted by atomic mass is 14.5. The third-order valence-corrected chi connectivity index (χ3v) is 3.13. The summed E-state index contributed by atoms with van der Waals surface area (Å²) in [4.78, 5) is 0. The van der Waals surface area contributed by atoms with Crippen molar-refractivity contribution in [2.45, 2.75) is 20.3 Å². The highest BCUT2D eigenvalue weighted by Crippen LogP contribution is 2.15. The summed E-state index contributed by atoms with van der Waals surface area (Å²) in [6.07, 6.45) is 5.21. The standard InChI is InChI=1S/C17H19N/c1-13-10-11-15(14(2)12-13)7-5-8-16-6-3-4-9-17(16)18/h3-6,8-12H,7,18H2,1-2H3/b8-5-. The van der Waals surface area contributed by atoms with Gasteiger partial charge in [-0.25, -0.2) is 0 Å². The number of benzene rings is 2. The molecule has 2 aromatic rings. The van der Waals surface area contributed by atoms with Gasteiger partial charge in [0.15, 0.2) is 0 Å². The Kier molecular flexibility index (Phi) is 3.83. The van der Waals surface area contributed by atoms with Crippen molar-refractivity contribution in [1.82, 2.24) is 0 Å². The van der Waals surface area contributed by atoms with E-state index < -0.39 is 0 Å². The van der Waals surface area contributed by atoms with Gasteiger partial charge in [-0.05, 0) is 43.0 Å². The summed E-state index contributed by atoms with van der Waals surface area (Å²) in [6.45, 7) is 4.28. The van der Waals surface area contributed by atoms with Crippen molar-refractivity contribution in [3.05, 3.63) is 70.8 Å². The summed E-state index contributed by atoms with van der Waals surface area (Å²) in [5.74, 6) is 0. The topological polar surface area (TPSA) is 26.0 Å². The number of rotatable bonds is 3. The van der Waals surface area contributed by atoms with E-state index in [2.05, 4.69) is 44.2 Å². The Morgan fingerprint density at radius 1 is 1.06 bits per heavy atom. The van der Waals surface area contributed by atoms with Crippen molar-refractivity contribution in [3.8, 4) is 0 Å². The number of hydrogen-bond acceptors (Lipinski definition) is 1. The number of hydrogen-bond donors (Lipinski definition) is 1. The molecule has 0 aromatic heterocycles. The molecule has 0 unspecified atom stereocenters. The maximum atomic E-state index is 5.90. The number of anilines is 1. The highest BCUT2D eigenvalue weighted by Gasteiger charge is 1.96. The Balaban J connectivity index is 2.10.